The lowest BCUT2D eigenvalue weighted by Crippen LogP contribution is -2.56. The van der Waals surface area contributed by atoms with Gasteiger partial charge in [-0.25, -0.2) is 0 Å². The highest BCUT2D eigenvalue weighted by Gasteiger charge is 2.35. The van der Waals surface area contributed by atoms with Gasteiger partial charge in [-0.3, -0.25) is 4.79 Å². The van der Waals surface area contributed by atoms with Crippen LogP contribution in [-0.2, 0) is 6.42 Å². The highest BCUT2D eigenvalue weighted by atomic mass is 35.6. The van der Waals surface area contributed by atoms with Gasteiger partial charge in [0.15, 0.2) is 5.11 Å². The molecule has 0 saturated carbocycles. The number of hydrogen-bond donors (Lipinski definition) is 3. The molecular formula is C19H20Cl3N3O2S. The molecule has 3 N–H and O–H groups in total. The number of thiocarbonyl (C=S) groups is 1. The molecule has 2 aromatic carbocycles. The molecule has 2 aromatic rings. The molecule has 0 saturated heterocycles. The Bertz CT molecular complexity index is 826. The minimum Gasteiger partial charge on any atom is -0.497 e. The summed E-state index contributed by atoms with van der Waals surface area (Å²) in [6.07, 6.45) is -0.227. The standard InChI is InChI=1S/C19H20Cl3N3O2S/c1-3-12-6-4-5-7-15(12)23-18(28)25-17(19(20,21)22)24-16(26)13-8-10-14(27-2)11-9-13/h4-11,17H,3H2,1-2H3,(H,24,26)(H2,23,25,28). The molecule has 150 valence electrons. The Hall–Kier alpha value is -1.73. The van der Waals surface area contributed by atoms with E-state index in [0.29, 0.717) is 11.3 Å². The van der Waals surface area contributed by atoms with Gasteiger partial charge >= 0.3 is 0 Å². The van der Waals surface area contributed by atoms with Crippen molar-refractivity contribution in [2.45, 2.75) is 23.3 Å². The van der Waals surface area contributed by atoms with Crippen LogP contribution in [0.2, 0.25) is 0 Å². The van der Waals surface area contributed by atoms with Gasteiger partial charge in [-0.15, -0.1) is 0 Å². The van der Waals surface area contributed by atoms with Crippen LogP contribution in [0.5, 0.6) is 5.75 Å². The molecule has 0 bridgehead atoms. The average Bonchev–Trinajstić information content (AvgIpc) is 2.67. The van der Waals surface area contributed by atoms with Crippen molar-refractivity contribution in [2.75, 3.05) is 12.4 Å². The van der Waals surface area contributed by atoms with Gasteiger partial charge < -0.3 is 20.7 Å². The summed E-state index contributed by atoms with van der Waals surface area (Å²) in [5, 5.41) is 8.77. The molecule has 0 aliphatic rings. The van der Waals surface area contributed by atoms with E-state index in [1.807, 2.05) is 31.2 Å². The van der Waals surface area contributed by atoms with E-state index in [0.717, 1.165) is 17.7 Å². The first-order chi connectivity index (χ1) is 13.2. The number of alkyl halides is 3. The second-order valence-corrected chi connectivity index (χ2v) is 8.56. The van der Waals surface area contributed by atoms with E-state index in [4.69, 9.17) is 51.8 Å². The molecule has 5 nitrogen and oxygen atoms in total. The molecule has 0 heterocycles. The van der Waals surface area contributed by atoms with Crippen molar-refractivity contribution < 1.29 is 9.53 Å². The van der Waals surface area contributed by atoms with Gasteiger partial charge in [0.05, 0.1) is 7.11 Å². The van der Waals surface area contributed by atoms with Gasteiger partial charge in [0.2, 0.25) is 3.79 Å². The van der Waals surface area contributed by atoms with E-state index < -0.39 is 15.9 Å². The molecule has 1 amide bonds. The highest BCUT2D eigenvalue weighted by molar-refractivity contribution is 7.80. The van der Waals surface area contributed by atoms with Crippen LogP contribution in [0.4, 0.5) is 5.69 Å². The molecule has 1 unspecified atom stereocenters. The summed E-state index contributed by atoms with van der Waals surface area (Å²) >= 11 is 23.4. The number of halogens is 3. The lowest BCUT2D eigenvalue weighted by Gasteiger charge is -2.28. The van der Waals surface area contributed by atoms with Crippen LogP contribution in [-0.4, -0.2) is 28.1 Å². The molecule has 2 rings (SSSR count). The van der Waals surface area contributed by atoms with Crippen molar-refractivity contribution in [3.05, 3.63) is 59.7 Å². The fraction of sp³-hybridized carbons (Fsp3) is 0.263. The Kier molecular flexibility index (Phi) is 8.19. The van der Waals surface area contributed by atoms with E-state index in [9.17, 15) is 4.79 Å². The van der Waals surface area contributed by atoms with Gasteiger partial charge in [0.25, 0.3) is 5.91 Å². The molecule has 0 fully saturated rings. The first-order valence-corrected chi connectivity index (χ1v) is 9.96. The predicted molar refractivity (Wildman–Crippen MR) is 120 cm³/mol. The van der Waals surface area contributed by atoms with E-state index >= 15 is 0 Å². The van der Waals surface area contributed by atoms with Crippen molar-refractivity contribution in [1.82, 2.24) is 10.6 Å². The largest absolute Gasteiger partial charge is 0.497 e. The summed E-state index contributed by atoms with van der Waals surface area (Å²) in [6.45, 7) is 2.04. The second kappa shape index (κ2) is 10.2. The smallest absolute Gasteiger partial charge is 0.252 e. The molecule has 0 radical (unpaired) electrons. The maximum atomic E-state index is 12.5. The highest BCUT2D eigenvalue weighted by Crippen LogP contribution is 2.29. The first-order valence-electron chi connectivity index (χ1n) is 8.41. The number of para-hydroxylation sites is 1. The number of rotatable bonds is 6. The zero-order valence-electron chi connectivity index (χ0n) is 15.3. The van der Waals surface area contributed by atoms with Crippen LogP contribution in [0.1, 0.15) is 22.8 Å². The minimum atomic E-state index is -1.84. The topological polar surface area (TPSA) is 62.4 Å². The van der Waals surface area contributed by atoms with Crippen LogP contribution in [0.25, 0.3) is 0 Å². The quantitative estimate of drug-likeness (QED) is 0.332. The maximum Gasteiger partial charge on any atom is 0.252 e. The SMILES string of the molecule is CCc1ccccc1NC(=S)NC(NC(=O)c1ccc(OC)cc1)C(Cl)(Cl)Cl. The Morgan fingerprint density at radius 3 is 2.32 bits per heavy atom. The molecule has 0 aromatic heterocycles. The van der Waals surface area contributed by atoms with Gasteiger partial charge in [-0.05, 0) is 54.5 Å². The summed E-state index contributed by atoms with van der Waals surface area (Å²) in [7, 11) is 1.54. The third-order valence-electron chi connectivity index (χ3n) is 3.88. The Morgan fingerprint density at radius 2 is 1.75 bits per heavy atom. The fourth-order valence-electron chi connectivity index (χ4n) is 2.40. The number of hydrogen-bond acceptors (Lipinski definition) is 3. The number of ether oxygens (including phenoxy) is 1. The Labute approximate surface area is 184 Å². The van der Waals surface area contributed by atoms with Crippen molar-refractivity contribution in [1.29, 1.82) is 0 Å². The van der Waals surface area contributed by atoms with E-state index in [1.165, 1.54) is 0 Å². The molecular weight excluding hydrogens is 441 g/mol. The van der Waals surface area contributed by atoms with Crippen LogP contribution in [0.3, 0.4) is 0 Å². The normalized spacial score (nSPS) is 12.0. The van der Waals surface area contributed by atoms with Gasteiger partial charge in [0.1, 0.15) is 11.9 Å². The van der Waals surface area contributed by atoms with Crippen molar-refractivity contribution >= 4 is 63.7 Å². The van der Waals surface area contributed by atoms with Crippen molar-refractivity contribution in [2.24, 2.45) is 0 Å². The number of methoxy groups -OCH3 is 1. The maximum absolute atomic E-state index is 12.5. The third-order valence-corrected chi connectivity index (χ3v) is 4.75. The Morgan fingerprint density at radius 1 is 1.11 bits per heavy atom. The third kappa shape index (κ3) is 6.41. The molecule has 28 heavy (non-hydrogen) atoms. The first kappa shape index (κ1) is 22.6. The van der Waals surface area contributed by atoms with E-state index in [-0.39, 0.29) is 5.11 Å². The van der Waals surface area contributed by atoms with E-state index in [2.05, 4.69) is 16.0 Å². The van der Waals surface area contributed by atoms with Crippen LogP contribution >= 0.6 is 47.0 Å². The van der Waals surface area contributed by atoms with Crippen LogP contribution in [0.15, 0.2) is 48.5 Å². The Balaban J connectivity index is 2.08. The number of amides is 1. The van der Waals surface area contributed by atoms with Gasteiger partial charge in [0, 0.05) is 11.3 Å². The van der Waals surface area contributed by atoms with Crippen LogP contribution < -0.4 is 20.7 Å². The molecule has 1 atom stereocenters. The molecule has 0 aliphatic carbocycles. The van der Waals surface area contributed by atoms with Gasteiger partial charge in [-0.2, -0.15) is 0 Å². The zero-order valence-corrected chi connectivity index (χ0v) is 18.3. The molecule has 0 aliphatic heterocycles. The second-order valence-electron chi connectivity index (χ2n) is 5.79. The number of carbonyl (C=O) groups excluding carboxylic acids is 1. The summed E-state index contributed by atoms with van der Waals surface area (Å²) in [4.78, 5) is 12.5. The van der Waals surface area contributed by atoms with Crippen molar-refractivity contribution in [3.63, 3.8) is 0 Å². The lowest BCUT2D eigenvalue weighted by molar-refractivity contribution is 0.0934. The minimum absolute atomic E-state index is 0.215. The molecule has 9 heteroatoms. The summed E-state index contributed by atoms with van der Waals surface area (Å²) < 4.78 is 3.24. The predicted octanol–water partition coefficient (Wildman–Crippen LogP) is 4.67. The lowest BCUT2D eigenvalue weighted by atomic mass is 10.1. The zero-order chi connectivity index (χ0) is 20.7. The number of carbonyl (C=O) groups is 1. The summed E-state index contributed by atoms with van der Waals surface area (Å²) in [5.41, 5.74) is 2.31. The van der Waals surface area contributed by atoms with Crippen molar-refractivity contribution in [3.8, 4) is 5.75 Å². The van der Waals surface area contributed by atoms with E-state index in [1.54, 1.807) is 31.4 Å². The number of aryl methyl sites for hydroxylation is 1. The molecule has 0 spiro atoms. The summed E-state index contributed by atoms with van der Waals surface area (Å²) in [5.74, 6) is 0.204. The van der Waals surface area contributed by atoms with Crippen LogP contribution in [0, 0.1) is 0 Å². The summed E-state index contributed by atoms with van der Waals surface area (Å²) in [6, 6.07) is 14.3. The monoisotopic (exact) mass is 459 g/mol. The number of anilines is 1. The van der Waals surface area contributed by atoms with Gasteiger partial charge in [-0.1, -0.05) is 59.9 Å². The fourth-order valence-corrected chi connectivity index (χ4v) is 2.95. The number of benzene rings is 2. The average molecular weight is 461 g/mol. The number of nitrogens with one attached hydrogen (secondary N) is 3.